The van der Waals surface area contributed by atoms with Crippen molar-refractivity contribution in [2.24, 2.45) is 0 Å². The van der Waals surface area contributed by atoms with E-state index in [2.05, 4.69) is 25.5 Å². The van der Waals surface area contributed by atoms with Crippen LogP contribution in [0.1, 0.15) is 0 Å². The van der Waals surface area contributed by atoms with Gasteiger partial charge >= 0.3 is 0 Å². The van der Waals surface area contributed by atoms with Crippen LogP contribution in [0.4, 0.5) is 5.95 Å². The number of aromatic nitrogens is 4. The van der Waals surface area contributed by atoms with Gasteiger partial charge in [-0.25, -0.2) is 4.98 Å². The molecule has 0 radical (unpaired) electrons. The predicted octanol–water partition coefficient (Wildman–Crippen LogP) is 2.55. The number of hydrogen-bond donors (Lipinski definition) is 2. The Bertz CT molecular complexity index is 725. The van der Waals surface area contributed by atoms with E-state index in [1.165, 1.54) is 0 Å². The Morgan fingerprint density at radius 1 is 1.20 bits per heavy atom. The van der Waals surface area contributed by atoms with Crippen LogP contribution < -0.4 is 10.1 Å². The van der Waals surface area contributed by atoms with Crippen LogP contribution in [0.2, 0.25) is 0 Å². The third-order valence-electron chi connectivity index (χ3n) is 2.77. The molecule has 102 valence electrons. The average Bonchev–Trinajstić information content (AvgIpc) is 2.96. The van der Waals surface area contributed by atoms with Crippen molar-refractivity contribution in [1.29, 1.82) is 0 Å². The van der Waals surface area contributed by atoms with Crippen LogP contribution in [0.3, 0.4) is 0 Å². The Balaban J connectivity index is 1.98. The summed E-state index contributed by atoms with van der Waals surface area (Å²) >= 11 is 1.56. The minimum absolute atomic E-state index is 0.567. The molecule has 0 aliphatic heterocycles. The maximum absolute atomic E-state index is 5.15. The molecule has 0 atom stereocenters. The lowest BCUT2D eigenvalue weighted by atomic mass is 10.3. The van der Waals surface area contributed by atoms with E-state index >= 15 is 0 Å². The Morgan fingerprint density at radius 2 is 2.00 bits per heavy atom. The van der Waals surface area contributed by atoms with E-state index in [4.69, 9.17) is 4.74 Å². The molecule has 0 saturated carbocycles. The fraction of sp³-hybridized carbons (Fsp3) is 0.154. The Labute approximate surface area is 120 Å². The highest BCUT2D eigenvalue weighted by Crippen LogP contribution is 2.32. The first-order valence-corrected chi connectivity index (χ1v) is 6.82. The molecular weight excluding hydrogens is 274 g/mol. The van der Waals surface area contributed by atoms with Crippen LogP contribution in [0.5, 0.6) is 5.75 Å². The van der Waals surface area contributed by atoms with Crippen LogP contribution in [-0.4, -0.2) is 34.3 Å². The lowest BCUT2D eigenvalue weighted by Gasteiger charge is -2.05. The normalized spacial score (nSPS) is 10.7. The van der Waals surface area contributed by atoms with Gasteiger partial charge in [0.2, 0.25) is 5.95 Å². The van der Waals surface area contributed by atoms with Crippen LogP contribution >= 0.6 is 11.8 Å². The lowest BCUT2D eigenvalue weighted by molar-refractivity contribution is 0.414. The summed E-state index contributed by atoms with van der Waals surface area (Å²) in [6.07, 6.45) is 1.74. The molecule has 7 heteroatoms. The molecule has 3 rings (SSSR count). The number of H-pyrrole nitrogens is 1. The fourth-order valence-corrected chi connectivity index (χ4v) is 2.64. The van der Waals surface area contributed by atoms with Crippen LogP contribution in [0.25, 0.3) is 11.0 Å². The number of fused-ring (bicyclic) bond motifs is 1. The number of methoxy groups -OCH3 is 1. The predicted molar refractivity (Wildman–Crippen MR) is 78.3 cm³/mol. The molecular formula is C13H13N5OS. The van der Waals surface area contributed by atoms with Crippen molar-refractivity contribution in [2.45, 2.75) is 9.92 Å². The second-order valence-electron chi connectivity index (χ2n) is 4.01. The highest BCUT2D eigenvalue weighted by molar-refractivity contribution is 7.99. The number of benzene rings is 1. The largest absolute Gasteiger partial charge is 0.497 e. The van der Waals surface area contributed by atoms with E-state index in [9.17, 15) is 0 Å². The number of nitrogens with one attached hydrogen (secondary N) is 2. The SMILES string of the molecule is CNc1nc(Sc2ccc(OC)cc2)c2cn[nH]c2n1. The summed E-state index contributed by atoms with van der Waals surface area (Å²) in [6, 6.07) is 7.84. The number of hydrogen-bond acceptors (Lipinski definition) is 6. The number of aromatic amines is 1. The topological polar surface area (TPSA) is 75.7 Å². The van der Waals surface area contributed by atoms with Crippen molar-refractivity contribution in [1.82, 2.24) is 20.2 Å². The molecule has 2 heterocycles. The zero-order valence-electron chi connectivity index (χ0n) is 11.0. The van der Waals surface area contributed by atoms with Gasteiger partial charge in [0.25, 0.3) is 0 Å². The van der Waals surface area contributed by atoms with E-state index in [0.717, 1.165) is 26.7 Å². The molecule has 2 N–H and O–H groups in total. The second-order valence-corrected chi connectivity index (χ2v) is 5.07. The fourth-order valence-electron chi connectivity index (χ4n) is 1.75. The van der Waals surface area contributed by atoms with Crippen molar-refractivity contribution in [3.63, 3.8) is 0 Å². The summed E-state index contributed by atoms with van der Waals surface area (Å²) in [6.45, 7) is 0. The molecule has 0 amide bonds. The summed E-state index contributed by atoms with van der Waals surface area (Å²) in [5.41, 5.74) is 0.723. The maximum atomic E-state index is 5.15. The quantitative estimate of drug-likeness (QED) is 0.718. The van der Waals surface area contributed by atoms with Crippen LogP contribution in [-0.2, 0) is 0 Å². The van der Waals surface area contributed by atoms with E-state index < -0.39 is 0 Å². The summed E-state index contributed by atoms with van der Waals surface area (Å²) < 4.78 is 5.15. The zero-order valence-corrected chi connectivity index (χ0v) is 11.9. The molecule has 6 nitrogen and oxygen atoms in total. The summed E-state index contributed by atoms with van der Waals surface area (Å²) in [7, 11) is 3.44. The molecule has 2 aromatic heterocycles. The first-order chi connectivity index (χ1) is 9.80. The first kappa shape index (κ1) is 12.7. The highest BCUT2D eigenvalue weighted by atomic mass is 32.2. The molecule has 0 aliphatic carbocycles. The van der Waals surface area contributed by atoms with Crippen molar-refractivity contribution >= 4 is 28.7 Å². The molecule has 0 saturated heterocycles. The third-order valence-corrected chi connectivity index (χ3v) is 3.78. The smallest absolute Gasteiger partial charge is 0.225 e. The molecule has 0 aliphatic rings. The summed E-state index contributed by atoms with van der Waals surface area (Å²) in [5.74, 6) is 1.40. The van der Waals surface area contributed by atoms with Gasteiger partial charge in [0.15, 0.2) is 5.65 Å². The van der Waals surface area contributed by atoms with E-state index in [1.54, 1.807) is 32.1 Å². The lowest BCUT2D eigenvalue weighted by Crippen LogP contribution is -1.97. The molecule has 3 aromatic rings. The first-order valence-electron chi connectivity index (χ1n) is 6.01. The Kier molecular flexibility index (Phi) is 3.42. The standard InChI is InChI=1S/C13H13N5OS/c1-14-13-16-11-10(7-15-18-11)12(17-13)20-9-5-3-8(19-2)4-6-9/h3-7H,1-2H3,(H2,14,15,16,17,18). The molecule has 1 aromatic carbocycles. The van der Waals surface area contributed by atoms with Crippen molar-refractivity contribution in [3.8, 4) is 5.75 Å². The van der Waals surface area contributed by atoms with Gasteiger partial charge in [0, 0.05) is 11.9 Å². The number of nitrogens with zero attached hydrogens (tertiary/aromatic N) is 3. The van der Waals surface area contributed by atoms with Gasteiger partial charge in [-0.1, -0.05) is 11.8 Å². The van der Waals surface area contributed by atoms with Crippen molar-refractivity contribution in [2.75, 3.05) is 19.5 Å². The summed E-state index contributed by atoms with van der Waals surface area (Å²) in [5, 5.41) is 11.6. The van der Waals surface area contributed by atoms with Gasteiger partial charge in [-0.3, -0.25) is 5.10 Å². The highest BCUT2D eigenvalue weighted by Gasteiger charge is 2.10. The summed E-state index contributed by atoms with van der Waals surface area (Å²) in [4.78, 5) is 9.87. The van der Waals surface area contributed by atoms with Gasteiger partial charge in [-0.05, 0) is 24.3 Å². The van der Waals surface area contributed by atoms with Crippen LogP contribution in [0.15, 0.2) is 40.4 Å². The minimum atomic E-state index is 0.567. The zero-order chi connectivity index (χ0) is 13.9. The molecule has 0 unspecified atom stereocenters. The number of rotatable bonds is 4. The van der Waals surface area contributed by atoms with E-state index in [1.807, 2.05) is 24.3 Å². The van der Waals surface area contributed by atoms with Gasteiger partial charge in [-0.15, -0.1) is 0 Å². The van der Waals surface area contributed by atoms with E-state index in [0.29, 0.717) is 5.95 Å². The van der Waals surface area contributed by atoms with E-state index in [-0.39, 0.29) is 0 Å². The van der Waals surface area contributed by atoms with Gasteiger partial charge in [-0.2, -0.15) is 10.1 Å². The number of anilines is 1. The molecule has 0 bridgehead atoms. The van der Waals surface area contributed by atoms with Crippen LogP contribution in [0, 0.1) is 0 Å². The second kappa shape index (κ2) is 5.38. The van der Waals surface area contributed by atoms with Crippen molar-refractivity contribution in [3.05, 3.63) is 30.5 Å². The van der Waals surface area contributed by atoms with Gasteiger partial charge in [0.05, 0.1) is 18.7 Å². The minimum Gasteiger partial charge on any atom is -0.497 e. The van der Waals surface area contributed by atoms with Crippen molar-refractivity contribution < 1.29 is 4.74 Å². The number of ether oxygens (including phenoxy) is 1. The van der Waals surface area contributed by atoms with Gasteiger partial charge < -0.3 is 10.1 Å². The Morgan fingerprint density at radius 3 is 2.70 bits per heavy atom. The molecule has 20 heavy (non-hydrogen) atoms. The molecule has 0 spiro atoms. The average molecular weight is 287 g/mol. The Hall–Kier alpha value is -2.28. The third kappa shape index (κ3) is 2.39. The maximum Gasteiger partial charge on any atom is 0.225 e. The van der Waals surface area contributed by atoms with Gasteiger partial charge in [0.1, 0.15) is 10.8 Å². The molecule has 0 fully saturated rings. The monoisotopic (exact) mass is 287 g/mol.